The molecule has 29 heavy (non-hydrogen) atoms. The summed E-state index contributed by atoms with van der Waals surface area (Å²) in [7, 11) is 0. The number of hydrogen-bond donors (Lipinski definition) is 2. The third kappa shape index (κ3) is 5.12. The molecule has 2 N–H and O–H groups in total. The van der Waals surface area contributed by atoms with Gasteiger partial charge >= 0.3 is 5.97 Å². The van der Waals surface area contributed by atoms with Crippen molar-refractivity contribution in [2.24, 2.45) is 0 Å². The van der Waals surface area contributed by atoms with Crippen molar-refractivity contribution in [3.63, 3.8) is 0 Å². The highest BCUT2D eigenvalue weighted by atomic mass is 32.2. The summed E-state index contributed by atoms with van der Waals surface area (Å²) < 4.78 is 28.9. The number of carboxylic acid groups (broad SMARTS) is 1. The second-order valence-electron chi connectivity index (χ2n) is 6.36. The maximum atomic E-state index is 13.7. The van der Waals surface area contributed by atoms with Gasteiger partial charge in [0.1, 0.15) is 12.1 Å². The number of aromatic carboxylic acids is 1. The molecule has 0 heterocycles. The van der Waals surface area contributed by atoms with Gasteiger partial charge in [-0.3, -0.25) is 0 Å². The van der Waals surface area contributed by atoms with Crippen LogP contribution in [0.15, 0.2) is 70.5 Å². The highest BCUT2D eigenvalue weighted by Gasteiger charge is 2.14. The number of hydrogen-bond acceptors (Lipinski definition) is 4. The van der Waals surface area contributed by atoms with Gasteiger partial charge in [-0.15, -0.1) is 0 Å². The summed E-state index contributed by atoms with van der Waals surface area (Å²) in [5, 5.41) is 9.28. The predicted molar refractivity (Wildman–Crippen MR) is 116 cm³/mol. The van der Waals surface area contributed by atoms with Crippen molar-refractivity contribution >= 4 is 34.8 Å². The first-order valence-electron chi connectivity index (χ1n) is 8.91. The Balaban J connectivity index is 1.99. The molecule has 0 aliphatic heterocycles. The van der Waals surface area contributed by atoms with Crippen LogP contribution in [0, 0.1) is 5.82 Å². The minimum Gasteiger partial charge on any atom is -0.612 e. The van der Waals surface area contributed by atoms with Crippen molar-refractivity contribution in [1.29, 1.82) is 0 Å². The normalized spacial score (nSPS) is 11.9. The van der Waals surface area contributed by atoms with Gasteiger partial charge in [0.15, 0.2) is 4.90 Å². The highest BCUT2D eigenvalue weighted by Crippen LogP contribution is 2.35. The molecule has 4 nitrogen and oxygen atoms in total. The number of halogens is 1. The Labute approximate surface area is 176 Å². The van der Waals surface area contributed by atoms with E-state index in [9.17, 15) is 18.8 Å². The molecular formula is C22H20FNO3S2. The van der Waals surface area contributed by atoms with Crippen LogP contribution in [0.4, 0.5) is 10.1 Å². The van der Waals surface area contributed by atoms with E-state index >= 15 is 0 Å². The van der Waals surface area contributed by atoms with E-state index in [1.54, 1.807) is 48.7 Å². The smallest absolute Gasteiger partial charge is 0.335 e. The minimum absolute atomic E-state index is 0.209. The summed E-state index contributed by atoms with van der Waals surface area (Å²) in [5.41, 5.74) is 3.35. The van der Waals surface area contributed by atoms with E-state index in [-0.39, 0.29) is 11.4 Å². The van der Waals surface area contributed by atoms with Crippen LogP contribution in [0.1, 0.15) is 22.8 Å². The van der Waals surface area contributed by atoms with Crippen molar-refractivity contribution in [3.05, 3.63) is 77.6 Å². The lowest BCUT2D eigenvalue weighted by Gasteiger charge is -2.15. The molecule has 3 aromatic carbocycles. The van der Waals surface area contributed by atoms with Gasteiger partial charge < -0.3 is 14.4 Å². The van der Waals surface area contributed by atoms with Gasteiger partial charge in [0.05, 0.1) is 11.3 Å². The maximum absolute atomic E-state index is 13.7. The molecule has 0 saturated carbocycles. The van der Waals surface area contributed by atoms with Crippen LogP contribution < -0.4 is 4.72 Å². The molecular weight excluding hydrogens is 409 g/mol. The van der Waals surface area contributed by atoms with Crippen molar-refractivity contribution in [2.75, 3.05) is 11.0 Å². The van der Waals surface area contributed by atoms with E-state index in [2.05, 4.69) is 4.72 Å². The first-order chi connectivity index (χ1) is 13.9. The SMILES string of the molecule is CCc1ccc(C(=O)O)cc1SNc1cc([S+](C)[O-])ccc1-c1cccc(F)c1. The standard InChI is InChI=1S/C22H20FNO3S2/c1-3-14-7-8-16(22(25)26)12-21(14)28-24-20-13-18(29(2)27)9-10-19(20)15-5-4-6-17(23)11-15/h4-13,24H,3H2,1-2H3,(H,25,26). The summed E-state index contributed by atoms with van der Waals surface area (Å²) in [6.07, 6.45) is 2.35. The third-order valence-electron chi connectivity index (χ3n) is 4.42. The van der Waals surface area contributed by atoms with Crippen LogP contribution >= 0.6 is 11.9 Å². The molecule has 7 heteroatoms. The largest absolute Gasteiger partial charge is 0.612 e. The first-order valence-corrected chi connectivity index (χ1v) is 11.3. The van der Waals surface area contributed by atoms with Crippen LogP contribution in [0.25, 0.3) is 11.1 Å². The van der Waals surface area contributed by atoms with Crippen molar-refractivity contribution in [3.8, 4) is 11.1 Å². The van der Waals surface area contributed by atoms with Gasteiger partial charge in [-0.25, -0.2) is 9.18 Å². The molecule has 0 fully saturated rings. The lowest BCUT2D eigenvalue weighted by molar-refractivity contribution is 0.0696. The van der Waals surface area contributed by atoms with E-state index in [0.717, 1.165) is 22.4 Å². The number of rotatable bonds is 7. The molecule has 3 rings (SSSR count). The molecule has 0 spiro atoms. The summed E-state index contributed by atoms with van der Waals surface area (Å²) in [6.45, 7) is 2.00. The number of anilines is 1. The first kappa shape index (κ1) is 21.2. The molecule has 0 aromatic heterocycles. The van der Waals surface area contributed by atoms with E-state index in [1.165, 1.54) is 24.1 Å². The molecule has 0 radical (unpaired) electrons. The topological polar surface area (TPSA) is 72.4 Å². The fourth-order valence-corrected chi connectivity index (χ4v) is 4.34. The van der Waals surface area contributed by atoms with Gasteiger partial charge in [-0.05, 0) is 77.1 Å². The molecule has 0 saturated heterocycles. The number of nitrogens with one attached hydrogen (secondary N) is 1. The Hall–Kier alpha value is -2.48. The second-order valence-corrected chi connectivity index (χ2v) is 8.58. The van der Waals surface area contributed by atoms with E-state index in [4.69, 9.17) is 0 Å². The van der Waals surface area contributed by atoms with Crippen LogP contribution in [0.5, 0.6) is 0 Å². The van der Waals surface area contributed by atoms with Crippen LogP contribution in [0.3, 0.4) is 0 Å². The van der Waals surface area contributed by atoms with E-state index < -0.39 is 17.1 Å². The van der Waals surface area contributed by atoms with Gasteiger partial charge in [0.25, 0.3) is 0 Å². The summed E-state index contributed by atoms with van der Waals surface area (Å²) in [5.74, 6) is -1.33. The summed E-state index contributed by atoms with van der Waals surface area (Å²) >= 11 is 0.110. The van der Waals surface area contributed by atoms with Crippen molar-refractivity contribution < 1.29 is 18.8 Å². The van der Waals surface area contributed by atoms with Gasteiger partial charge in [0.2, 0.25) is 0 Å². The number of carboxylic acids is 1. The van der Waals surface area contributed by atoms with Crippen LogP contribution in [-0.2, 0) is 17.6 Å². The second kappa shape index (κ2) is 9.35. The molecule has 0 amide bonds. The fraction of sp³-hybridized carbons (Fsp3) is 0.136. The molecule has 0 aliphatic rings. The maximum Gasteiger partial charge on any atom is 0.335 e. The van der Waals surface area contributed by atoms with Gasteiger partial charge in [-0.1, -0.05) is 25.1 Å². The Bertz CT molecular complexity index is 1040. The Morgan fingerprint density at radius 1 is 1.17 bits per heavy atom. The predicted octanol–water partition coefficient (Wildman–Crippen LogP) is 5.61. The zero-order valence-electron chi connectivity index (χ0n) is 15.9. The Morgan fingerprint density at radius 3 is 2.62 bits per heavy atom. The molecule has 0 bridgehead atoms. The van der Waals surface area contributed by atoms with Crippen LogP contribution in [-0.4, -0.2) is 21.9 Å². The van der Waals surface area contributed by atoms with E-state index in [0.29, 0.717) is 16.1 Å². The van der Waals surface area contributed by atoms with Crippen molar-refractivity contribution in [2.45, 2.75) is 23.1 Å². The molecule has 150 valence electrons. The lowest BCUT2D eigenvalue weighted by Crippen LogP contribution is -2.01. The molecule has 1 atom stereocenters. The van der Waals surface area contributed by atoms with Crippen LogP contribution in [0.2, 0.25) is 0 Å². The molecule has 1 unspecified atom stereocenters. The Kier molecular flexibility index (Phi) is 6.84. The third-order valence-corrected chi connectivity index (χ3v) is 6.26. The monoisotopic (exact) mass is 429 g/mol. The number of benzene rings is 3. The highest BCUT2D eigenvalue weighted by molar-refractivity contribution is 8.00. The lowest BCUT2D eigenvalue weighted by atomic mass is 10.0. The zero-order valence-corrected chi connectivity index (χ0v) is 17.6. The number of carbonyl (C=O) groups is 1. The van der Waals surface area contributed by atoms with E-state index in [1.807, 2.05) is 13.0 Å². The Morgan fingerprint density at radius 2 is 1.97 bits per heavy atom. The minimum atomic E-state index is -1.17. The molecule has 3 aromatic rings. The van der Waals surface area contributed by atoms with Crippen molar-refractivity contribution in [1.82, 2.24) is 0 Å². The van der Waals surface area contributed by atoms with Gasteiger partial charge in [0, 0.05) is 16.5 Å². The average Bonchev–Trinajstić information content (AvgIpc) is 2.71. The van der Waals surface area contributed by atoms with Gasteiger partial charge in [-0.2, -0.15) is 0 Å². The zero-order chi connectivity index (χ0) is 21.0. The average molecular weight is 430 g/mol. The number of aryl methyl sites for hydroxylation is 1. The fourth-order valence-electron chi connectivity index (χ4n) is 2.88. The quantitative estimate of drug-likeness (QED) is 0.377. The molecule has 0 aliphatic carbocycles. The summed E-state index contributed by atoms with van der Waals surface area (Å²) in [6, 6.07) is 16.6. The summed E-state index contributed by atoms with van der Waals surface area (Å²) in [4.78, 5) is 12.8.